The van der Waals surface area contributed by atoms with Crippen LogP contribution < -0.4 is 0 Å². The van der Waals surface area contributed by atoms with Crippen molar-refractivity contribution in [1.82, 2.24) is 4.90 Å². The maximum atomic E-state index is 12.5. The van der Waals surface area contributed by atoms with E-state index in [1.807, 2.05) is 34.6 Å². The summed E-state index contributed by atoms with van der Waals surface area (Å²) in [5.41, 5.74) is 0.682. The van der Waals surface area contributed by atoms with E-state index < -0.39 is 17.9 Å². The van der Waals surface area contributed by atoms with E-state index in [0.717, 1.165) is 19.3 Å². The van der Waals surface area contributed by atoms with E-state index in [4.69, 9.17) is 0 Å². The van der Waals surface area contributed by atoms with Crippen molar-refractivity contribution in [3.63, 3.8) is 0 Å². The molecule has 1 aliphatic heterocycles. The van der Waals surface area contributed by atoms with E-state index in [-0.39, 0.29) is 23.6 Å². The number of aliphatic carboxylic acids is 1. The summed E-state index contributed by atoms with van der Waals surface area (Å²) in [5, 5.41) is 19.8. The number of carbonyl (C=O) groups excluding carboxylic acids is 1. The fourth-order valence-corrected chi connectivity index (χ4v) is 3.20. The Bertz CT molecular complexity index is 456. The van der Waals surface area contributed by atoms with Gasteiger partial charge in [-0.15, -0.1) is 0 Å². The van der Waals surface area contributed by atoms with Gasteiger partial charge in [0.1, 0.15) is 6.04 Å². The molecule has 2 N–H and O–H groups in total. The lowest BCUT2D eigenvalue weighted by Gasteiger charge is -2.36. The van der Waals surface area contributed by atoms with Gasteiger partial charge in [-0.1, -0.05) is 53.9 Å². The zero-order valence-corrected chi connectivity index (χ0v) is 14.3. The summed E-state index contributed by atoms with van der Waals surface area (Å²) in [7, 11) is 0. The molecule has 0 aromatic heterocycles. The standard InChI is InChI=1S/C17H29NO4/c1-6-8-9-12(17(21)22)18-14(11(5)7-2)13(10(3)4)15(19)16(18)20/h10-12,14,19H,6-9H2,1-5H3,(H,21,22). The summed E-state index contributed by atoms with van der Waals surface area (Å²) >= 11 is 0. The molecule has 1 heterocycles. The van der Waals surface area contributed by atoms with Gasteiger partial charge in [0.25, 0.3) is 5.91 Å². The molecular formula is C17H29NO4. The van der Waals surface area contributed by atoms with Crippen LogP contribution >= 0.6 is 0 Å². The predicted octanol–water partition coefficient (Wildman–Crippen LogP) is 3.35. The van der Waals surface area contributed by atoms with Gasteiger partial charge < -0.3 is 15.1 Å². The zero-order valence-electron chi connectivity index (χ0n) is 14.3. The van der Waals surface area contributed by atoms with Gasteiger partial charge in [-0.2, -0.15) is 0 Å². The first-order valence-electron chi connectivity index (χ1n) is 8.26. The lowest BCUT2D eigenvalue weighted by Crippen LogP contribution is -2.50. The quantitative estimate of drug-likeness (QED) is 0.720. The number of carbonyl (C=O) groups is 2. The number of aliphatic hydroxyl groups is 1. The highest BCUT2D eigenvalue weighted by Gasteiger charge is 2.47. The molecule has 0 fully saturated rings. The van der Waals surface area contributed by atoms with Gasteiger partial charge in [-0.3, -0.25) is 4.79 Å². The van der Waals surface area contributed by atoms with Crippen molar-refractivity contribution in [3.8, 4) is 0 Å². The number of nitrogens with zero attached hydrogens (tertiary/aromatic N) is 1. The lowest BCUT2D eigenvalue weighted by molar-refractivity contribution is -0.151. The summed E-state index contributed by atoms with van der Waals surface area (Å²) < 4.78 is 0. The predicted molar refractivity (Wildman–Crippen MR) is 85.5 cm³/mol. The molecule has 0 aromatic carbocycles. The molecule has 0 radical (unpaired) electrons. The van der Waals surface area contributed by atoms with Gasteiger partial charge in [0, 0.05) is 5.57 Å². The Morgan fingerprint density at radius 2 is 1.86 bits per heavy atom. The molecule has 0 bridgehead atoms. The van der Waals surface area contributed by atoms with Crippen molar-refractivity contribution in [3.05, 3.63) is 11.3 Å². The van der Waals surface area contributed by atoms with Gasteiger partial charge in [-0.05, 0) is 18.3 Å². The summed E-state index contributed by atoms with van der Waals surface area (Å²) in [4.78, 5) is 25.6. The number of hydrogen-bond donors (Lipinski definition) is 2. The largest absolute Gasteiger partial charge is 0.503 e. The molecule has 1 rings (SSSR count). The Morgan fingerprint density at radius 1 is 1.27 bits per heavy atom. The minimum Gasteiger partial charge on any atom is -0.503 e. The van der Waals surface area contributed by atoms with Gasteiger partial charge in [0.2, 0.25) is 0 Å². The molecule has 0 saturated carbocycles. The number of carboxylic acid groups (broad SMARTS) is 1. The van der Waals surface area contributed by atoms with Crippen molar-refractivity contribution >= 4 is 11.9 Å². The minimum atomic E-state index is -0.993. The van der Waals surface area contributed by atoms with Crippen molar-refractivity contribution in [2.45, 2.75) is 72.4 Å². The van der Waals surface area contributed by atoms with Crippen LogP contribution in [0.25, 0.3) is 0 Å². The van der Waals surface area contributed by atoms with E-state index in [2.05, 4.69) is 0 Å². The highest BCUT2D eigenvalue weighted by Crippen LogP contribution is 2.37. The second kappa shape index (κ2) is 7.65. The van der Waals surface area contributed by atoms with E-state index in [9.17, 15) is 19.8 Å². The van der Waals surface area contributed by atoms with Crippen molar-refractivity contribution < 1.29 is 19.8 Å². The van der Waals surface area contributed by atoms with E-state index in [1.165, 1.54) is 4.90 Å². The Morgan fingerprint density at radius 3 is 2.27 bits per heavy atom. The minimum absolute atomic E-state index is 0.00794. The zero-order chi connectivity index (χ0) is 17.0. The van der Waals surface area contributed by atoms with Crippen LogP contribution in [0.3, 0.4) is 0 Å². The number of amides is 1. The Balaban J connectivity index is 3.26. The van der Waals surface area contributed by atoms with E-state index in [0.29, 0.717) is 12.0 Å². The number of hydrogen-bond acceptors (Lipinski definition) is 3. The first kappa shape index (κ1) is 18.5. The number of carboxylic acids is 1. The maximum absolute atomic E-state index is 12.5. The van der Waals surface area contributed by atoms with Crippen LogP contribution in [0.5, 0.6) is 0 Å². The Labute approximate surface area is 133 Å². The van der Waals surface area contributed by atoms with Gasteiger partial charge in [0.15, 0.2) is 5.76 Å². The maximum Gasteiger partial charge on any atom is 0.326 e. The lowest BCUT2D eigenvalue weighted by atomic mass is 9.86. The summed E-state index contributed by atoms with van der Waals surface area (Å²) in [6.45, 7) is 9.87. The average molecular weight is 311 g/mol. The van der Waals surface area contributed by atoms with Gasteiger partial charge in [0.05, 0.1) is 6.04 Å². The van der Waals surface area contributed by atoms with E-state index >= 15 is 0 Å². The fourth-order valence-electron chi connectivity index (χ4n) is 3.20. The summed E-state index contributed by atoms with van der Waals surface area (Å²) in [6, 6.07) is -1.19. The van der Waals surface area contributed by atoms with Crippen LogP contribution in [0.4, 0.5) is 0 Å². The fraction of sp³-hybridized carbons (Fsp3) is 0.765. The molecule has 0 saturated heterocycles. The highest BCUT2D eigenvalue weighted by molar-refractivity contribution is 5.98. The van der Waals surface area contributed by atoms with Crippen LogP contribution in [0.2, 0.25) is 0 Å². The molecule has 1 amide bonds. The number of rotatable bonds is 8. The highest BCUT2D eigenvalue weighted by atomic mass is 16.4. The van der Waals surface area contributed by atoms with Gasteiger partial charge >= 0.3 is 5.97 Å². The van der Waals surface area contributed by atoms with Crippen LogP contribution in [0.1, 0.15) is 60.3 Å². The molecule has 1 aliphatic rings. The normalized spacial score (nSPS) is 21.6. The first-order chi connectivity index (χ1) is 10.3. The molecule has 0 aromatic rings. The van der Waals surface area contributed by atoms with Crippen LogP contribution in [0.15, 0.2) is 11.3 Å². The molecule has 5 heteroatoms. The average Bonchev–Trinajstić information content (AvgIpc) is 2.71. The molecule has 0 aliphatic carbocycles. The molecule has 5 nitrogen and oxygen atoms in total. The Kier molecular flexibility index (Phi) is 6.45. The van der Waals surface area contributed by atoms with Crippen LogP contribution in [-0.2, 0) is 9.59 Å². The monoisotopic (exact) mass is 311 g/mol. The molecular weight excluding hydrogens is 282 g/mol. The van der Waals surface area contributed by atoms with Crippen molar-refractivity contribution in [2.24, 2.45) is 11.8 Å². The van der Waals surface area contributed by atoms with E-state index in [1.54, 1.807) is 0 Å². The Hall–Kier alpha value is -1.52. The molecule has 22 heavy (non-hydrogen) atoms. The van der Waals surface area contributed by atoms with Crippen LogP contribution in [0, 0.1) is 11.8 Å². The third kappa shape index (κ3) is 3.45. The summed E-state index contributed by atoms with van der Waals surface area (Å²) in [6.07, 6.45) is 2.85. The topological polar surface area (TPSA) is 77.8 Å². The van der Waals surface area contributed by atoms with Crippen LogP contribution in [-0.4, -0.2) is 39.1 Å². The second-order valence-electron chi connectivity index (χ2n) is 6.50. The first-order valence-corrected chi connectivity index (χ1v) is 8.26. The molecule has 3 atom stereocenters. The smallest absolute Gasteiger partial charge is 0.326 e. The second-order valence-corrected chi connectivity index (χ2v) is 6.50. The van der Waals surface area contributed by atoms with Crippen molar-refractivity contribution in [2.75, 3.05) is 0 Å². The summed E-state index contributed by atoms with van der Waals surface area (Å²) in [5.74, 6) is -1.66. The number of unbranched alkanes of at least 4 members (excludes halogenated alkanes) is 1. The molecule has 0 spiro atoms. The van der Waals surface area contributed by atoms with Gasteiger partial charge in [-0.25, -0.2) is 4.79 Å². The third-order valence-electron chi connectivity index (χ3n) is 4.59. The SMILES string of the molecule is CCCCC(C(=O)O)N1C(=O)C(O)=C(C(C)C)C1C(C)CC. The molecule has 126 valence electrons. The third-order valence-corrected chi connectivity index (χ3v) is 4.59. The number of aliphatic hydroxyl groups excluding tert-OH is 1. The van der Waals surface area contributed by atoms with Crippen molar-refractivity contribution in [1.29, 1.82) is 0 Å². The molecule has 3 unspecified atom stereocenters.